The molecule has 0 bridgehead atoms. The fraction of sp³-hybridized carbons (Fsp3) is 0.233. The van der Waals surface area contributed by atoms with Crippen LogP contribution in [0.1, 0.15) is 16.8 Å². The fourth-order valence-electron chi connectivity index (χ4n) is 3.60. The van der Waals surface area contributed by atoms with E-state index in [1.165, 1.54) is 7.11 Å². The summed E-state index contributed by atoms with van der Waals surface area (Å²) in [6, 6.07) is 25.4. The van der Waals surface area contributed by atoms with Gasteiger partial charge in [-0.25, -0.2) is 14.6 Å². The van der Waals surface area contributed by atoms with Crippen molar-refractivity contribution >= 4 is 12.1 Å². The Morgan fingerprint density at radius 3 is 2.31 bits per heavy atom. The highest BCUT2D eigenvalue weighted by atomic mass is 16.6. The van der Waals surface area contributed by atoms with Crippen LogP contribution in [0.5, 0.6) is 5.75 Å². The predicted molar refractivity (Wildman–Crippen MR) is 143 cm³/mol. The Bertz CT molecular complexity index is 1310. The molecule has 0 spiro atoms. The van der Waals surface area contributed by atoms with Crippen LogP contribution in [0.3, 0.4) is 0 Å². The minimum absolute atomic E-state index is 0.0754. The van der Waals surface area contributed by atoms with Gasteiger partial charge in [0, 0.05) is 12.0 Å². The number of nitrogens with zero attached hydrogens (tertiary/aromatic N) is 1. The van der Waals surface area contributed by atoms with Crippen molar-refractivity contribution in [2.45, 2.75) is 25.7 Å². The molecule has 0 unspecified atom stereocenters. The highest BCUT2D eigenvalue weighted by Gasteiger charge is 2.22. The maximum atomic E-state index is 12.1. The monoisotopic (exact) mass is 530 g/mol. The summed E-state index contributed by atoms with van der Waals surface area (Å²) in [5.41, 5.74) is 3.46. The van der Waals surface area contributed by atoms with E-state index in [4.69, 9.17) is 23.4 Å². The molecule has 1 N–H and O–H groups in total. The normalized spacial score (nSPS) is 11.4. The molecule has 0 radical (unpaired) electrons. The van der Waals surface area contributed by atoms with E-state index in [1.807, 2.05) is 84.9 Å². The maximum Gasteiger partial charge on any atom is 0.408 e. The number of carbonyl (C=O) groups excluding carboxylic acids is 2. The van der Waals surface area contributed by atoms with Crippen molar-refractivity contribution in [2.75, 3.05) is 20.3 Å². The summed E-state index contributed by atoms with van der Waals surface area (Å²) in [6.45, 7) is 0.691. The van der Waals surface area contributed by atoms with E-state index >= 15 is 0 Å². The Hall–Kier alpha value is -4.63. The molecule has 4 rings (SSSR count). The molecule has 0 saturated heterocycles. The Labute approximate surface area is 226 Å². The van der Waals surface area contributed by atoms with E-state index in [2.05, 4.69) is 10.3 Å². The molecule has 1 amide bonds. The summed E-state index contributed by atoms with van der Waals surface area (Å²) < 4.78 is 27.0. The molecule has 1 heterocycles. The van der Waals surface area contributed by atoms with Crippen LogP contribution in [-0.2, 0) is 38.6 Å². The molecule has 0 aliphatic heterocycles. The van der Waals surface area contributed by atoms with Crippen molar-refractivity contribution in [3.8, 4) is 17.2 Å². The first-order valence-electron chi connectivity index (χ1n) is 12.4. The van der Waals surface area contributed by atoms with Crippen LogP contribution in [0.25, 0.3) is 11.5 Å². The first kappa shape index (κ1) is 27.4. The number of hydrogen-bond acceptors (Lipinski definition) is 8. The van der Waals surface area contributed by atoms with E-state index in [0.717, 1.165) is 22.4 Å². The lowest BCUT2D eigenvalue weighted by Crippen LogP contribution is -2.44. The third-order valence-corrected chi connectivity index (χ3v) is 5.67. The zero-order valence-electron chi connectivity index (χ0n) is 21.6. The molecule has 39 heavy (non-hydrogen) atoms. The lowest BCUT2D eigenvalue weighted by molar-refractivity contribution is -0.144. The molecule has 1 atom stereocenters. The third kappa shape index (κ3) is 8.72. The number of methoxy groups -OCH3 is 1. The van der Waals surface area contributed by atoms with Crippen molar-refractivity contribution in [3.63, 3.8) is 0 Å². The molecular weight excluding hydrogens is 500 g/mol. The van der Waals surface area contributed by atoms with Gasteiger partial charge in [0.2, 0.25) is 5.89 Å². The van der Waals surface area contributed by atoms with Crippen molar-refractivity contribution in [1.82, 2.24) is 10.3 Å². The molecule has 9 nitrogen and oxygen atoms in total. The summed E-state index contributed by atoms with van der Waals surface area (Å²) in [7, 11) is 1.25. The second-order valence-electron chi connectivity index (χ2n) is 8.55. The van der Waals surface area contributed by atoms with Crippen molar-refractivity contribution in [3.05, 3.63) is 108 Å². The Balaban J connectivity index is 1.17. The van der Waals surface area contributed by atoms with Crippen LogP contribution in [0.4, 0.5) is 4.79 Å². The number of alkyl carbamates (subject to hydrolysis) is 1. The van der Waals surface area contributed by atoms with Gasteiger partial charge >= 0.3 is 12.1 Å². The van der Waals surface area contributed by atoms with Crippen LogP contribution >= 0.6 is 0 Å². The van der Waals surface area contributed by atoms with Gasteiger partial charge in [-0.2, -0.15) is 0 Å². The number of hydrogen-bond donors (Lipinski definition) is 1. The molecular formula is C30H30N2O7. The molecule has 0 saturated carbocycles. The van der Waals surface area contributed by atoms with Crippen molar-refractivity contribution in [1.29, 1.82) is 0 Å². The lowest BCUT2D eigenvalue weighted by atomic mass is 10.2. The zero-order chi connectivity index (χ0) is 27.3. The molecule has 0 aliphatic carbocycles. The summed E-state index contributed by atoms with van der Waals surface area (Å²) >= 11 is 0. The standard InChI is InChI=1S/C30H30N2O7/c1-35-29(33)27(32-30(34)39-19-22-8-4-2-5-9-22)21-36-18-23-12-14-26(15-13-23)37-17-16-25-20-38-28(31-25)24-10-6-3-7-11-24/h2-15,20,27H,16-19,21H2,1H3,(H,32,34)/t27-/m0/s1. The predicted octanol–water partition coefficient (Wildman–Crippen LogP) is 4.95. The highest BCUT2D eigenvalue weighted by molar-refractivity contribution is 5.81. The quantitative estimate of drug-likeness (QED) is 0.242. The van der Waals surface area contributed by atoms with Crippen LogP contribution in [0.2, 0.25) is 0 Å². The van der Waals surface area contributed by atoms with Gasteiger partial charge in [-0.05, 0) is 35.4 Å². The summed E-state index contributed by atoms with van der Waals surface area (Å²) in [5, 5.41) is 2.49. The van der Waals surface area contributed by atoms with Crippen LogP contribution < -0.4 is 10.1 Å². The Morgan fingerprint density at radius 1 is 0.897 bits per heavy atom. The van der Waals surface area contributed by atoms with Gasteiger partial charge in [0.1, 0.15) is 18.6 Å². The van der Waals surface area contributed by atoms with Gasteiger partial charge in [0.15, 0.2) is 6.04 Å². The Kier molecular flexibility index (Phi) is 10.1. The first-order chi connectivity index (χ1) is 19.1. The van der Waals surface area contributed by atoms with Gasteiger partial charge in [-0.15, -0.1) is 0 Å². The second kappa shape index (κ2) is 14.3. The summed E-state index contributed by atoms with van der Waals surface area (Å²) in [6.07, 6.45) is 1.52. The minimum atomic E-state index is -1.00. The number of esters is 1. The average molecular weight is 531 g/mol. The van der Waals surface area contributed by atoms with Gasteiger partial charge in [0.05, 0.1) is 32.6 Å². The largest absolute Gasteiger partial charge is 0.493 e. The van der Waals surface area contributed by atoms with Gasteiger partial charge < -0.3 is 28.7 Å². The van der Waals surface area contributed by atoms with E-state index in [-0.39, 0.29) is 19.8 Å². The number of oxazole rings is 1. The summed E-state index contributed by atoms with van der Waals surface area (Å²) in [5.74, 6) is 0.669. The van der Waals surface area contributed by atoms with Crippen LogP contribution in [-0.4, -0.2) is 43.4 Å². The van der Waals surface area contributed by atoms with E-state index < -0.39 is 18.1 Å². The minimum Gasteiger partial charge on any atom is -0.493 e. The summed E-state index contributed by atoms with van der Waals surface area (Å²) in [4.78, 5) is 28.7. The number of carbonyl (C=O) groups is 2. The number of amides is 1. The third-order valence-electron chi connectivity index (χ3n) is 5.67. The fourth-order valence-corrected chi connectivity index (χ4v) is 3.60. The molecule has 0 fully saturated rings. The molecule has 9 heteroatoms. The van der Waals surface area contributed by atoms with Crippen molar-refractivity contribution < 1.29 is 33.0 Å². The smallest absolute Gasteiger partial charge is 0.408 e. The topological polar surface area (TPSA) is 109 Å². The first-order valence-corrected chi connectivity index (χ1v) is 12.4. The van der Waals surface area contributed by atoms with Gasteiger partial charge in [0.25, 0.3) is 0 Å². The van der Waals surface area contributed by atoms with Gasteiger partial charge in [-0.1, -0.05) is 60.7 Å². The van der Waals surface area contributed by atoms with E-state index in [9.17, 15) is 9.59 Å². The number of rotatable bonds is 13. The van der Waals surface area contributed by atoms with E-state index in [1.54, 1.807) is 6.26 Å². The SMILES string of the molecule is COC(=O)[C@H](COCc1ccc(OCCc2coc(-c3ccccc3)n2)cc1)NC(=O)OCc1ccccc1. The van der Waals surface area contributed by atoms with Crippen LogP contribution in [0, 0.1) is 0 Å². The average Bonchev–Trinajstić information content (AvgIpc) is 3.46. The second-order valence-corrected chi connectivity index (χ2v) is 8.55. The van der Waals surface area contributed by atoms with Gasteiger partial charge in [-0.3, -0.25) is 0 Å². The maximum absolute atomic E-state index is 12.1. The molecule has 3 aromatic carbocycles. The Morgan fingerprint density at radius 2 is 1.59 bits per heavy atom. The number of aromatic nitrogens is 1. The zero-order valence-corrected chi connectivity index (χ0v) is 21.6. The molecule has 1 aromatic heterocycles. The molecule has 202 valence electrons. The number of ether oxygens (including phenoxy) is 4. The number of benzene rings is 3. The van der Waals surface area contributed by atoms with E-state index in [0.29, 0.717) is 24.7 Å². The molecule has 0 aliphatic rings. The number of nitrogens with one attached hydrogen (secondary N) is 1. The molecule has 4 aromatic rings. The van der Waals surface area contributed by atoms with Crippen LogP contribution in [0.15, 0.2) is 95.6 Å². The highest BCUT2D eigenvalue weighted by Crippen LogP contribution is 2.19. The lowest BCUT2D eigenvalue weighted by Gasteiger charge is -2.17. The van der Waals surface area contributed by atoms with Crippen molar-refractivity contribution in [2.24, 2.45) is 0 Å².